The molecule has 0 amide bonds. The van der Waals surface area contributed by atoms with Crippen LogP contribution in [-0.2, 0) is 0 Å². The minimum absolute atomic E-state index is 0.159. The van der Waals surface area contributed by atoms with Crippen LogP contribution in [0.4, 0.5) is 4.39 Å². The van der Waals surface area contributed by atoms with Crippen LogP contribution < -0.4 is 4.74 Å². The predicted octanol–water partition coefficient (Wildman–Crippen LogP) is 3.65. The summed E-state index contributed by atoms with van der Waals surface area (Å²) in [6, 6.07) is 6.10. The summed E-state index contributed by atoms with van der Waals surface area (Å²) in [5, 5.41) is 8.76. The smallest absolute Gasteiger partial charge is 0.128 e. The molecule has 1 aromatic carbocycles. The molecule has 90 valence electrons. The number of ether oxygens (including phenoxy) is 1. The summed E-state index contributed by atoms with van der Waals surface area (Å²) < 4.78 is 19.0. The highest BCUT2D eigenvalue weighted by atomic mass is 19.1. The van der Waals surface area contributed by atoms with Crippen molar-refractivity contribution in [2.75, 3.05) is 0 Å². The summed E-state index contributed by atoms with van der Waals surface area (Å²) in [5.41, 5.74) is 0.309. The highest BCUT2D eigenvalue weighted by molar-refractivity contribution is 5.37. The average Bonchev–Trinajstić information content (AvgIpc) is 2.28. The van der Waals surface area contributed by atoms with Gasteiger partial charge in [0.1, 0.15) is 11.6 Å². The molecule has 0 aliphatic heterocycles. The molecule has 1 fully saturated rings. The molecule has 2 unspecified atom stereocenters. The van der Waals surface area contributed by atoms with Crippen LogP contribution in [0.3, 0.4) is 0 Å². The van der Waals surface area contributed by atoms with Gasteiger partial charge in [-0.2, -0.15) is 5.26 Å². The summed E-state index contributed by atoms with van der Waals surface area (Å²) in [6.45, 7) is 2.21. The number of benzene rings is 1. The van der Waals surface area contributed by atoms with E-state index in [9.17, 15) is 4.39 Å². The molecule has 1 aromatic rings. The third kappa shape index (κ3) is 3.20. The van der Waals surface area contributed by atoms with E-state index in [-0.39, 0.29) is 6.10 Å². The Kier molecular flexibility index (Phi) is 3.63. The normalized spacial score (nSPS) is 24.1. The third-order valence-corrected chi connectivity index (χ3v) is 3.19. The fourth-order valence-electron chi connectivity index (χ4n) is 2.37. The molecule has 0 spiro atoms. The molecule has 2 atom stereocenters. The van der Waals surface area contributed by atoms with Crippen molar-refractivity contribution in [3.8, 4) is 11.8 Å². The molecule has 1 saturated carbocycles. The number of halogens is 1. The number of hydrogen-bond donors (Lipinski definition) is 0. The van der Waals surface area contributed by atoms with E-state index in [1.807, 2.05) is 6.07 Å². The zero-order valence-electron chi connectivity index (χ0n) is 9.95. The van der Waals surface area contributed by atoms with Crippen LogP contribution in [0.1, 0.15) is 38.2 Å². The van der Waals surface area contributed by atoms with Crippen LogP contribution in [0, 0.1) is 23.1 Å². The molecule has 0 N–H and O–H groups in total. The number of rotatable bonds is 2. The van der Waals surface area contributed by atoms with Crippen molar-refractivity contribution in [1.82, 2.24) is 0 Å². The quantitative estimate of drug-likeness (QED) is 0.781. The number of hydrogen-bond acceptors (Lipinski definition) is 2. The second kappa shape index (κ2) is 5.18. The Bertz CT molecular complexity index is 438. The first-order valence-electron chi connectivity index (χ1n) is 6.04. The van der Waals surface area contributed by atoms with Gasteiger partial charge in [-0.25, -0.2) is 4.39 Å². The van der Waals surface area contributed by atoms with Crippen molar-refractivity contribution < 1.29 is 9.13 Å². The molecular weight excluding hydrogens is 217 g/mol. The van der Waals surface area contributed by atoms with Crippen LogP contribution >= 0.6 is 0 Å². The van der Waals surface area contributed by atoms with Crippen LogP contribution in [0.5, 0.6) is 5.75 Å². The maximum atomic E-state index is 13.2. The van der Waals surface area contributed by atoms with Crippen molar-refractivity contribution >= 4 is 0 Å². The Labute approximate surface area is 101 Å². The van der Waals surface area contributed by atoms with E-state index in [0.29, 0.717) is 17.2 Å². The fraction of sp³-hybridized carbons (Fsp3) is 0.500. The van der Waals surface area contributed by atoms with Gasteiger partial charge in [-0.05, 0) is 37.3 Å². The Hall–Kier alpha value is -1.56. The fourth-order valence-corrected chi connectivity index (χ4v) is 2.37. The van der Waals surface area contributed by atoms with Gasteiger partial charge in [-0.1, -0.05) is 13.3 Å². The number of nitrogens with zero attached hydrogens (tertiary/aromatic N) is 1. The zero-order valence-corrected chi connectivity index (χ0v) is 9.95. The van der Waals surface area contributed by atoms with Crippen molar-refractivity contribution in [2.24, 2.45) is 5.92 Å². The molecule has 1 aliphatic carbocycles. The first-order valence-corrected chi connectivity index (χ1v) is 6.04. The molecular formula is C14H16FNO. The Morgan fingerprint density at radius 1 is 1.35 bits per heavy atom. The molecule has 3 heteroatoms. The summed E-state index contributed by atoms with van der Waals surface area (Å²) >= 11 is 0. The lowest BCUT2D eigenvalue weighted by molar-refractivity contribution is 0.129. The standard InChI is InChI=1S/C14H16FNO/c1-10-3-2-4-13(5-10)17-14-7-11(9-16)6-12(15)8-14/h6-8,10,13H,2-5H2,1H3. The largest absolute Gasteiger partial charge is 0.490 e. The van der Waals surface area contributed by atoms with Gasteiger partial charge >= 0.3 is 0 Å². The van der Waals surface area contributed by atoms with E-state index in [1.165, 1.54) is 18.6 Å². The van der Waals surface area contributed by atoms with Crippen LogP contribution in [0.15, 0.2) is 18.2 Å². The van der Waals surface area contributed by atoms with Gasteiger partial charge in [0, 0.05) is 6.07 Å². The Morgan fingerprint density at radius 2 is 2.18 bits per heavy atom. The third-order valence-electron chi connectivity index (χ3n) is 3.19. The summed E-state index contributed by atoms with van der Waals surface area (Å²) in [7, 11) is 0. The lowest BCUT2D eigenvalue weighted by atomic mass is 9.89. The maximum absolute atomic E-state index is 13.2. The van der Waals surface area contributed by atoms with Gasteiger partial charge in [0.25, 0.3) is 0 Å². The van der Waals surface area contributed by atoms with Gasteiger partial charge < -0.3 is 4.74 Å². The van der Waals surface area contributed by atoms with E-state index in [1.54, 1.807) is 6.07 Å². The van der Waals surface area contributed by atoms with E-state index in [0.717, 1.165) is 19.3 Å². The maximum Gasteiger partial charge on any atom is 0.128 e. The molecule has 17 heavy (non-hydrogen) atoms. The second-order valence-corrected chi connectivity index (χ2v) is 4.80. The molecule has 0 radical (unpaired) electrons. The topological polar surface area (TPSA) is 33.0 Å². The van der Waals surface area contributed by atoms with Crippen molar-refractivity contribution in [1.29, 1.82) is 5.26 Å². The Balaban J connectivity index is 2.07. The highest BCUT2D eigenvalue weighted by Gasteiger charge is 2.20. The lowest BCUT2D eigenvalue weighted by Crippen LogP contribution is -2.24. The van der Waals surface area contributed by atoms with Crippen molar-refractivity contribution in [3.63, 3.8) is 0 Å². The molecule has 0 aromatic heterocycles. The summed E-state index contributed by atoms with van der Waals surface area (Å²) in [5.74, 6) is 0.723. The molecule has 0 heterocycles. The summed E-state index contributed by atoms with van der Waals surface area (Å²) in [4.78, 5) is 0. The first-order chi connectivity index (χ1) is 8.17. The van der Waals surface area contributed by atoms with Gasteiger partial charge in [-0.15, -0.1) is 0 Å². The predicted molar refractivity (Wildman–Crippen MR) is 63.2 cm³/mol. The van der Waals surface area contributed by atoms with Crippen LogP contribution in [-0.4, -0.2) is 6.10 Å². The van der Waals surface area contributed by atoms with Crippen molar-refractivity contribution in [2.45, 2.75) is 38.7 Å². The highest BCUT2D eigenvalue weighted by Crippen LogP contribution is 2.28. The molecule has 1 aliphatic rings. The Morgan fingerprint density at radius 3 is 2.88 bits per heavy atom. The van der Waals surface area contributed by atoms with E-state index < -0.39 is 5.82 Å². The van der Waals surface area contributed by atoms with Gasteiger partial charge in [0.15, 0.2) is 0 Å². The zero-order chi connectivity index (χ0) is 12.3. The van der Waals surface area contributed by atoms with Crippen LogP contribution in [0.25, 0.3) is 0 Å². The second-order valence-electron chi connectivity index (χ2n) is 4.80. The lowest BCUT2D eigenvalue weighted by Gasteiger charge is -2.27. The molecule has 0 bridgehead atoms. The molecule has 2 rings (SSSR count). The minimum Gasteiger partial charge on any atom is -0.490 e. The molecule has 0 saturated heterocycles. The monoisotopic (exact) mass is 233 g/mol. The van der Waals surface area contributed by atoms with E-state index in [4.69, 9.17) is 10.00 Å². The van der Waals surface area contributed by atoms with Gasteiger partial charge in [0.2, 0.25) is 0 Å². The van der Waals surface area contributed by atoms with Crippen molar-refractivity contribution in [3.05, 3.63) is 29.6 Å². The van der Waals surface area contributed by atoms with Gasteiger partial charge in [-0.3, -0.25) is 0 Å². The summed E-state index contributed by atoms with van der Waals surface area (Å²) in [6.07, 6.45) is 4.59. The van der Waals surface area contributed by atoms with Crippen LogP contribution in [0.2, 0.25) is 0 Å². The number of nitriles is 1. The van der Waals surface area contributed by atoms with E-state index in [2.05, 4.69) is 6.92 Å². The van der Waals surface area contributed by atoms with E-state index >= 15 is 0 Å². The average molecular weight is 233 g/mol. The first kappa shape index (κ1) is 11.9. The SMILES string of the molecule is CC1CCCC(Oc2cc(F)cc(C#N)c2)C1. The molecule has 2 nitrogen and oxygen atoms in total. The van der Waals surface area contributed by atoms with Gasteiger partial charge in [0.05, 0.1) is 17.7 Å². The minimum atomic E-state index is -0.414.